The van der Waals surface area contributed by atoms with E-state index in [0.717, 1.165) is 35.7 Å². The lowest BCUT2D eigenvalue weighted by molar-refractivity contribution is -0.895. The maximum Gasteiger partial charge on any atom is 0.279 e. The molecule has 1 saturated heterocycles. The van der Waals surface area contributed by atoms with Crippen LogP contribution in [0.15, 0.2) is 41.8 Å². The third kappa shape index (κ3) is 5.02. The van der Waals surface area contributed by atoms with Gasteiger partial charge in [-0.1, -0.05) is 18.2 Å². The van der Waals surface area contributed by atoms with E-state index in [1.165, 1.54) is 11.3 Å². The number of hydrogen-bond acceptors (Lipinski definition) is 4. The van der Waals surface area contributed by atoms with Gasteiger partial charge in [-0.2, -0.15) is 0 Å². The van der Waals surface area contributed by atoms with Crippen LogP contribution in [-0.4, -0.2) is 61.4 Å². The first-order chi connectivity index (χ1) is 14.1. The molecule has 1 saturated carbocycles. The molecule has 7 nitrogen and oxygen atoms in total. The van der Waals surface area contributed by atoms with Crippen LogP contribution in [0.2, 0.25) is 0 Å². The summed E-state index contributed by atoms with van der Waals surface area (Å²) in [5.74, 6) is -0.194. The number of rotatable bonds is 6. The minimum atomic E-state index is -0.142. The van der Waals surface area contributed by atoms with Gasteiger partial charge < -0.3 is 20.4 Å². The summed E-state index contributed by atoms with van der Waals surface area (Å²) < 4.78 is 0. The fraction of sp³-hybridized carbons (Fsp3) is 0.381. The van der Waals surface area contributed by atoms with Crippen molar-refractivity contribution in [3.63, 3.8) is 0 Å². The highest BCUT2D eigenvalue weighted by atomic mass is 32.1. The molecule has 0 atom stereocenters. The predicted molar refractivity (Wildman–Crippen MR) is 111 cm³/mol. The second kappa shape index (κ2) is 8.75. The lowest BCUT2D eigenvalue weighted by Crippen LogP contribution is -3.15. The summed E-state index contributed by atoms with van der Waals surface area (Å²) in [5.41, 5.74) is 1.04. The van der Waals surface area contributed by atoms with E-state index >= 15 is 0 Å². The van der Waals surface area contributed by atoms with Crippen LogP contribution in [0.3, 0.4) is 0 Å². The maximum atomic E-state index is 12.5. The van der Waals surface area contributed by atoms with E-state index in [0.29, 0.717) is 30.9 Å². The van der Waals surface area contributed by atoms with Crippen LogP contribution in [0, 0.1) is 0 Å². The van der Waals surface area contributed by atoms with Gasteiger partial charge in [0.15, 0.2) is 6.54 Å². The highest BCUT2D eigenvalue weighted by Crippen LogP contribution is 2.21. The van der Waals surface area contributed by atoms with Gasteiger partial charge in [-0.25, -0.2) is 0 Å². The quantitative estimate of drug-likeness (QED) is 0.649. The fourth-order valence-electron chi connectivity index (χ4n) is 3.46. The SMILES string of the molecule is O=C(C[NH+]1CCN(C(=O)c2cccs2)CC1)Nc1ccccc1C(=O)NC1CC1. The van der Waals surface area contributed by atoms with E-state index in [4.69, 9.17) is 0 Å². The Morgan fingerprint density at radius 1 is 1.07 bits per heavy atom. The Morgan fingerprint density at radius 3 is 2.52 bits per heavy atom. The number of carbonyl (C=O) groups is 3. The number of piperazine rings is 1. The molecule has 8 heteroatoms. The molecule has 2 heterocycles. The number of benzene rings is 1. The average molecular weight is 414 g/mol. The van der Waals surface area contributed by atoms with E-state index in [-0.39, 0.29) is 23.8 Å². The molecule has 0 bridgehead atoms. The van der Waals surface area contributed by atoms with Gasteiger partial charge in [0.05, 0.1) is 42.3 Å². The molecule has 2 aliphatic rings. The number of hydrogen-bond donors (Lipinski definition) is 3. The minimum absolute atomic E-state index is 0.0686. The third-order valence-electron chi connectivity index (χ3n) is 5.26. The van der Waals surface area contributed by atoms with E-state index in [9.17, 15) is 14.4 Å². The van der Waals surface area contributed by atoms with Crippen LogP contribution in [0.5, 0.6) is 0 Å². The van der Waals surface area contributed by atoms with Crippen molar-refractivity contribution in [3.8, 4) is 0 Å². The number of nitrogens with one attached hydrogen (secondary N) is 3. The first kappa shape index (κ1) is 19.6. The van der Waals surface area contributed by atoms with Crippen molar-refractivity contribution >= 4 is 34.7 Å². The number of carbonyl (C=O) groups excluding carboxylic acids is 3. The fourth-order valence-corrected chi connectivity index (χ4v) is 4.15. The number of para-hydroxylation sites is 1. The maximum absolute atomic E-state index is 12.5. The second-order valence-electron chi connectivity index (χ2n) is 7.54. The number of amides is 3. The van der Waals surface area contributed by atoms with Crippen LogP contribution in [0.4, 0.5) is 5.69 Å². The van der Waals surface area contributed by atoms with Crippen molar-refractivity contribution in [1.29, 1.82) is 0 Å². The number of thiophene rings is 1. The van der Waals surface area contributed by atoms with E-state index in [1.807, 2.05) is 28.5 Å². The molecule has 152 valence electrons. The summed E-state index contributed by atoms with van der Waals surface area (Å²) in [4.78, 5) is 41.1. The zero-order chi connectivity index (χ0) is 20.2. The Labute approximate surface area is 173 Å². The molecule has 0 radical (unpaired) electrons. The molecule has 4 rings (SSSR count). The first-order valence-electron chi connectivity index (χ1n) is 9.96. The van der Waals surface area contributed by atoms with Gasteiger partial charge in [-0.3, -0.25) is 14.4 Å². The van der Waals surface area contributed by atoms with Crippen LogP contribution in [0.25, 0.3) is 0 Å². The Morgan fingerprint density at radius 2 is 1.83 bits per heavy atom. The predicted octanol–water partition coefficient (Wildman–Crippen LogP) is 0.620. The average Bonchev–Trinajstić information content (AvgIpc) is 3.37. The van der Waals surface area contributed by atoms with E-state index in [2.05, 4.69) is 10.6 Å². The summed E-state index contributed by atoms with van der Waals surface area (Å²) >= 11 is 1.45. The zero-order valence-corrected chi connectivity index (χ0v) is 17.0. The smallest absolute Gasteiger partial charge is 0.279 e. The van der Waals surface area contributed by atoms with Crippen molar-refractivity contribution in [1.82, 2.24) is 10.2 Å². The van der Waals surface area contributed by atoms with Gasteiger partial charge in [0.2, 0.25) is 0 Å². The molecule has 2 fully saturated rings. The Kier molecular flexibility index (Phi) is 5.92. The van der Waals surface area contributed by atoms with Crippen molar-refractivity contribution in [2.75, 3.05) is 38.0 Å². The van der Waals surface area contributed by atoms with Crippen molar-refractivity contribution in [3.05, 3.63) is 52.2 Å². The standard InChI is InChI=1S/C21H24N4O3S/c26-19(23-17-5-2-1-4-16(17)20(27)22-15-7-8-15)14-24-9-11-25(12-10-24)21(28)18-6-3-13-29-18/h1-6,13,15H,7-12,14H2,(H,22,27)(H,23,26)/p+1. The van der Waals surface area contributed by atoms with E-state index in [1.54, 1.807) is 18.2 Å². The molecule has 1 aliphatic heterocycles. The molecular weight excluding hydrogens is 388 g/mol. The molecule has 1 aromatic heterocycles. The number of quaternary nitrogens is 1. The van der Waals surface area contributed by atoms with Crippen molar-refractivity contribution in [2.45, 2.75) is 18.9 Å². The summed E-state index contributed by atoms with van der Waals surface area (Å²) in [6.07, 6.45) is 2.04. The van der Waals surface area contributed by atoms with Crippen molar-refractivity contribution < 1.29 is 19.3 Å². The van der Waals surface area contributed by atoms with Gasteiger partial charge in [0, 0.05) is 6.04 Å². The summed E-state index contributed by atoms with van der Waals surface area (Å²) in [7, 11) is 0. The topological polar surface area (TPSA) is 83.0 Å². The minimum Gasteiger partial charge on any atom is -0.349 e. The van der Waals surface area contributed by atoms with Gasteiger partial charge in [0.1, 0.15) is 0 Å². The number of anilines is 1. The highest BCUT2D eigenvalue weighted by molar-refractivity contribution is 7.12. The van der Waals surface area contributed by atoms with Gasteiger partial charge in [0.25, 0.3) is 17.7 Å². The Hall–Kier alpha value is -2.71. The Balaban J connectivity index is 1.28. The molecule has 3 amide bonds. The first-order valence-corrected chi connectivity index (χ1v) is 10.8. The number of nitrogens with zero attached hydrogens (tertiary/aromatic N) is 1. The lowest BCUT2D eigenvalue weighted by atomic mass is 10.1. The van der Waals surface area contributed by atoms with E-state index < -0.39 is 0 Å². The molecule has 3 N–H and O–H groups in total. The van der Waals surface area contributed by atoms with Crippen molar-refractivity contribution in [2.24, 2.45) is 0 Å². The highest BCUT2D eigenvalue weighted by Gasteiger charge is 2.27. The molecule has 0 unspecified atom stereocenters. The molecule has 0 spiro atoms. The molecular formula is C21H25N4O3S+. The largest absolute Gasteiger partial charge is 0.349 e. The zero-order valence-electron chi connectivity index (χ0n) is 16.1. The molecule has 2 aromatic rings. The summed E-state index contributed by atoms with van der Waals surface area (Å²) in [5, 5.41) is 7.75. The molecule has 1 aliphatic carbocycles. The van der Waals surface area contributed by atoms with Gasteiger partial charge in [-0.15, -0.1) is 11.3 Å². The van der Waals surface area contributed by atoms with Gasteiger partial charge >= 0.3 is 0 Å². The molecule has 29 heavy (non-hydrogen) atoms. The van der Waals surface area contributed by atoms with Gasteiger partial charge in [-0.05, 0) is 36.4 Å². The normalized spacial score (nSPS) is 17.0. The summed E-state index contributed by atoms with van der Waals surface area (Å²) in [6.45, 7) is 3.06. The monoisotopic (exact) mass is 413 g/mol. The molecule has 1 aromatic carbocycles. The Bertz CT molecular complexity index is 887. The van der Waals surface area contributed by atoms with Crippen LogP contribution in [-0.2, 0) is 4.79 Å². The summed E-state index contributed by atoms with van der Waals surface area (Å²) in [6, 6.07) is 11.1. The van der Waals surface area contributed by atoms with Crippen LogP contribution >= 0.6 is 11.3 Å². The lowest BCUT2D eigenvalue weighted by Gasteiger charge is -2.31. The second-order valence-corrected chi connectivity index (χ2v) is 8.49. The van der Waals surface area contributed by atoms with Crippen LogP contribution < -0.4 is 15.5 Å². The van der Waals surface area contributed by atoms with Crippen LogP contribution in [0.1, 0.15) is 32.9 Å². The third-order valence-corrected chi connectivity index (χ3v) is 6.12.